The zero-order chi connectivity index (χ0) is 14.3. The van der Waals surface area contributed by atoms with Crippen LogP contribution in [0.4, 0.5) is 5.69 Å². The highest BCUT2D eigenvalue weighted by atomic mass is 16.5. The van der Waals surface area contributed by atoms with E-state index in [4.69, 9.17) is 10.5 Å². The van der Waals surface area contributed by atoms with Crippen LogP contribution in [0.15, 0.2) is 30.3 Å². The Hall–Kier alpha value is -1.59. The van der Waals surface area contributed by atoms with Gasteiger partial charge in [0.15, 0.2) is 0 Å². The number of hydrogen-bond donors (Lipinski definition) is 2. The summed E-state index contributed by atoms with van der Waals surface area (Å²) in [5, 5.41) is 9.44. The summed E-state index contributed by atoms with van der Waals surface area (Å²) in [4.78, 5) is 13.4. The maximum atomic E-state index is 11.5. The average Bonchev–Trinajstić information content (AvgIpc) is 2.43. The number of anilines is 1. The fourth-order valence-corrected chi connectivity index (χ4v) is 2.04. The lowest BCUT2D eigenvalue weighted by molar-refractivity contribution is -0.141. The smallest absolute Gasteiger partial charge is 0.307 e. The van der Waals surface area contributed by atoms with Crippen molar-refractivity contribution in [3.8, 4) is 0 Å². The highest BCUT2D eigenvalue weighted by Gasteiger charge is 2.22. The van der Waals surface area contributed by atoms with Gasteiger partial charge in [-0.2, -0.15) is 0 Å². The highest BCUT2D eigenvalue weighted by Crippen LogP contribution is 2.20. The Morgan fingerprint density at radius 1 is 1.42 bits per heavy atom. The first kappa shape index (κ1) is 15.5. The van der Waals surface area contributed by atoms with Crippen LogP contribution in [0, 0.1) is 0 Å². The molecule has 0 radical (unpaired) electrons. The van der Waals surface area contributed by atoms with Crippen molar-refractivity contribution < 1.29 is 14.6 Å². The van der Waals surface area contributed by atoms with Gasteiger partial charge in [0.2, 0.25) is 0 Å². The molecule has 5 heteroatoms. The molecule has 0 saturated carbocycles. The summed E-state index contributed by atoms with van der Waals surface area (Å²) in [5.74, 6) is -0.265. The molecule has 0 heterocycles. The number of carbonyl (C=O) groups excluding carboxylic acids is 1. The molecule has 2 unspecified atom stereocenters. The van der Waals surface area contributed by atoms with Crippen LogP contribution in [-0.2, 0) is 9.53 Å². The minimum Gasteiger partial charge on any atom is -0.469 e. The van der Waals surface area contributed by atoms with E-state index < -0.39 is 6.23 Å². The maximum absolute atomic E-state index is 11.5. The minimum atomic E-state index is -0.952. The van der Waals surface area contributed by atoms with Crippen molar-refractivity contribution in [1.29, 1.82) is 0 Å². The molecule has 0 aromatic heterocycles. The number of aliphatic hydroxyl groups excluding tert-OH is 1. The lowest BCUT2D eigenvalue weighted by atomic mass is 10.1. The first-order valence-electron chi connectivity index (χ1n) is 6.40. The molecule has 5 nitrogen and oxygen atoms in total. The van der Waals surface area contributed by atoms with Gasteiger partial charge in [-0.1, -0.05) is 25.1 Å². The van der Waals surface area contributed by atoms with Crippen molar-refractivity contribution in [1.82, 2.24) is 0 Å². The van der Waals surface area contributed by atoms with E-state index in [0.717, 1.165) is 12.1 Å². The molecular formula is C14H22N2O3. The molecule has 3 N–H and O–H groups in total. The van der Waals surface area contributed by atoms with Crippen LogP contribution in [0.1, 0.15) is 19.8 Å². The summed E-state index contributed by atoms with van der Waals surface area (Å²) in [6.45, 7) is 2.27. The van der Waals surface area contributed by atoms with Crippen LogP contribution in [0.5, 0.6) is 0 Å². The summed E-state index contributed by atoms with van der Waals surface area (Å²) < 4.78 is 4.71. The second-order valence-electron chi connectivity index (χ2n) is 4.40. The zero-order valence-electron chi connectivity index (χ0n) is 11.5. The standard InChI is InChI=1S/C14H22N2O3/c1-3-11(9-14(18)19-2)16(10-13(15)17)12-7-5-4-6-8-12/h4-8,11,13,17H,3,9-10,15H2,1-2H3. The Morgan fingerprint density at radius 3 is 2.53 bits per heavy atom. The van der Waals surface area contributed by atoms with Crippen molar-refractivity contribution in [2.24, 2.45) is 5.73 Å². The first-order valence-corrected chi connectivity index (χ1v) is 6.40. The van der Waals surface area contributed by atoms with Gasteiger partial charge in [-0.3, -0.25) is 4.79 Å². The van der Waals surface area contributed by atoms with Crippen molar-refractivity contribution >= 4 is 11.7 Å². The quantitative estimate of drug-likeness (QED) is 0.571. The predicted octanol–water partition coefficient (Wildman–Crippen LogP) is 1.11. The van der Waals surface area contributed by atoms with Crippen LogP contribution >= 0.6 is 0 Å². The number of benzene rings is 1. The van der Waals surface area contributed by atoms with Crippen molar-refractivity contribution in [2.75, 3.05) is 18.6 Å². The fourth-order valence-electron chi connectivity index (χ4n) is 2.04. The summed E-state index contributed by atoms with van der Waals surface area (Å²) in [5.41, 5.74) is 6.42. The molecule has 106 valence electrons. The minimum absolute atomic E-state index is 0.0481. The SMILES string of the molecule is CCC(CC(=O)OC)N(CC(N)O)c1ccccc1. The summed E-state index contributed by atoms with van der Waals surface area (Å²) >= 11 is 0. The molecule has 0 bridgehead atoms. The summed E-state index contributed by atoms with van der Waals surface area (Å²) in [6, 6.07) is 9.56. The van der Waals surface area contributed by atoms with E-state index in [0.29, 0.717) is 0 Å². The number of nitrogens with two attached hydrogens (primary N) is 1. The molecule has 0 saturated heterocycles. The fraction of sp³-hybridized carbons (Fsp3) is 0.500. The van der Waals surface area contributed by atoms with Crippen LogP contribution in [0.3, 0.4) is 0 Å². The number of esters is 1. The van der Waals surface area contributed by atoms with Gasteiger partial charge >= 0.3 is 5.97 Å². The molecule has 1 aromatic carbocycles. The van der Waals surface area contributed by atoms with Gasteiger partial charge in [0.1, 0.15) is 6.23 Å². The number of methoxy groups -OCH3 is 1. The maximum Gasteiger partial charge on any atom is 0.307 e. The Morgan fingerprint density at radius 2 is 2.05 bits per heavy atom. The number of para-hydroxylation sites is 1. The molecule has 19 heavy (non-hydrogen) atoms. The Kier molecular flexibility index (Phi) is 6.32. The normalized spacial score (nSPS) is 13.7. The molecule has 0 amide bonds. The summed E-state index contributed by atoms with van der Waals surface area (Å²) in [7, 11) is 1.37. The van der Waals surface area contributed by atoms with Gasteiger partial charge in [-0.15, -0.1) is 0 Å². The molecule has 0 spiro atoms. The lowest BCUT2D eigenvalue weighted by Gasteiger charge is -2.33. The van der Waals surface area contributed by atoms with Gasteiger partial charge in [0, 0.05) is 11.7 Å². The Balaban J connectivity index is 2.91. The van der Waals surface area contributed by atoms with Crippen LogP contribution < -0.4 is 10.6 Å². The van der Waals surface area contributed by atoms with Gasteiger partial charge in [-0.25, -0.2) is 0 Å². The lowest BCUT2D eigenvalue weighted by Crippen LogP contribution is -2.44. The molecule has 0 aliphatic rings. The number of hydrogen-bond acceptors (Lipinski definition) is 5. The van der Waals surface area contributed by atoms with Gasteiger partial charge in [0.05, 0.1) is 20.1 Å². The second-order valence-corrected chi connectivity index (χ2v) is 4.40. The van der Waals surface area contributed by atoms with E-state index in [2.05, 4.69) is 0 Å². The monoisotopic (exact) mass is 266 g/mol. The third-order valence-electron chi connectivity index (χ3n) is 3.01. The van der Waals surface area contributed by atoms with E-state index >= 15 is 0 Å². The van der Waals surface area contributed by atoms with Crippen molar-refractivity contribution in [2.45, 2.75) is 32.0 Å². The van der Waals surface area contributed by atoms with E-state index in [1.165, 1.54) is 7.11 Å². The number of nitrogens with zero attached hydrogens (tertiary/aromatic N) is 1. The Labute approximate surface area is 114 Å². The number of carbonyl (C=O) groups is 1. The first-order chi connectivity index (χ1) is 9.08. The zero-order valence-corrected chi connectivity index (χ0v) is 11.5. The molecule has 2 atom stereocenters. The van der Waals surface area contributed by atoms with Crippen LogP contribution in [0.2, 0.25) is 0 Å². The van der Waals surface area contributed by atoms with E-state index in [9.17, 15) is 9.90 Å². The van der Waals surface area contributed by atoms with Crippen LogP contribution in [-0.4, -0.2) is 37.0 Å². The van der Waals surface area contributed by atoms with Crippen molar-refractivity contribution in [3.05, 3.63) is 30.3 Å². The third kappa shape index (κ3) is 4.89. The molecule has 1 aromatic rings. The van der Waals surface area contributed by atoms with Gasteiger partial charge in [-0.05, 0) is 18.6 Å². The Bertz CT molecular complexity index is 382. The highest BCUT2D eigenvalue weighted by molar-refractivity contribution is 5.70. The topological polar surface area (TPSA) is 75.8 Å². The molecular weight excluding hydrogens is 244 g/mol. The number of aliphatic hydroxyl groups is 1. The second kappa shape index (κ2) is 7.76. The molecule has 0 aliphatic heterocycles. The molecule has 0 fully saturated rings. The van der Waals surface area contributed by atoms with Gasteiger partial charge < -0.3 is 20.5 Å². The third-order valence-corrected chi connectivity index (χ3v) is 3.01. The molecule has 1 rings (SSSR count). The number of rotatable bonds is 7. The average molecular weight is 266 g/mol. The largest absolute Gasteiger partial charge is 0.469 e. The van der Waals surface area contributed by atoms with Gasteiger partial charge in [0.25, 0.3) is 0 Å². The predicted molar refractivity (Wildman–Crippen MR) is 74.7 cm³/mol. The van der Waals surface area contributed by atoms with E-state index in [-0.39, 0.29) is 25.0 Å². The van der Waals surface area contributed by atoms with E-state index in [1.54, 1.807) is 0 Å². The summed E-state index contributed by atoms with van der Waals surface area (Å²) in [6.07, 6.45) is 0.0811. The molecule has 0 aliphatic carbocycles. The number of ether oxygens (including phenoxy) is 1. The van der Waals surface area contributed by atoms with E-state index in [1.807, 2.05) is 42.2 Å². The van der Waals surface area contributed by atoms with Crippen molar-refractivity contribution in [3.63, 3.8) is 0 Å². The van der Waals surface area contributed by atoms with Crippen LogP contribution in [0.25, 0.3) is 0 Å².